The summed E-state index contributed by atoms with van der Waals surface area (Å²) in [5.74, 6) is 2.48. The number of rotatable bonds is 8. The summed E-state index contributed by atoms with van der Waals surface area (Å²) < 4.78 is 7.06. The molecule has 1 fully saturated rings. The van der Waals surface area contributed by atoms with Crippen LogP contribution in [0.2, 0.25) is 0 Å². The summed E-state index contributed by atoms with van der Waals surface area (Å²) in [4.78, 5) is 15.8. The van der Waals surface area contributed by atoms with E-state index in [9.17, 15) is 0 Å². The first-order valence-electron chi connectivity index (χ1n) is 8.79. The van der Waals surface area contributed by atoms with Crippen molar-refractivity contribution in [1.82, 2.24) is 24.7 Å². The van der Waals surface area contributed by atoms with E-state index in [1.807, 2.05) is 10.7 Å². The van der Waals surface area contributed by atoms with Crippen molar-refractivity contribution < 1.29 is 4.42 Å². The van der Waals surface area contributed by atoms with Crippen LogP contribution in [-0.2, 0) is 13.0 Å². The van der Waals surface area contributed by atoms with Gasteiger partial charge in [-0.3, -0.25) is 4.68 Å². The van der Waals surface area contributed by atoms with Crippen molar-refractivity contribution in [2.24, 2.45) is 5.92 Å². The standard InChI is InChI=1S/C18H22N6O/c1-2-16-9-17(22-18(21-16)15-5-8-25-11-15)23(10-14-3-4-14)6-7-24-13-19-12-20-24/h5,8-9,11-14H,2-4,6-7,10H2,1H3. The van der Waals surface area contributed by atoms with E-state index in [0.717, 1.165) is 54.9 Å². The van der Waals surface area contributed by atoms with Gasteiger partial charge in [0.15, 0.2) is 5.82 Å². The van der Waals surface area contributed by atoms with Gasteiger partial charge in [-0.25, -0.2) is 15.0 Å². The van der Waals surface area contributed by atoms with Crippen LogP contribution >= 0.6 is 0 Å². The maximum atomic E-state index is 5.20. The van der Waals surface area contributed by atoms with Crippen LogP contribution in [0.4, 0.5) is 5.82 Å². The van der Waals surface area contributed by atoms with Crippen LogP contribution in [0, 0.1) is 5.92 Å². The molecule has 0 saturated heterocycles. The van der Waals surface area contributed by atoms with Gasteiger partial charge < -0.3 is 9.32 Å². The minimum atomic E-state index is 0.727. The highest BCUT2D eigenvalue weighted by atomic mass is 16.3. The van der Waals surface area contributed by atoms with Gasteiger partial charge in [-0.2, -0.15) is 5.10 Å². The molecule has 0 bridgehead atoms. The molecule has 3 heterocycles. The molecular weight excluding hydrogens is 316 g/mol. The van der Waals surface area contributed by atoms with E-state index in [2.05, 4.69) is 33.0 Å². The Balaban J connectivity index is 1.61. The third kappa shape index (κ3) is 3.87. The molecule has 0 radical (unpaired) electrons. The zero-order valence-electron chi connectivity index (χ0n) is 14.4. The molecule has 0 unspecified atom stereocenters. The lowest BCUT2D eigenvalue weighted by atomic mass is 10.2. The summed E-state index contributed by atoms with van der Waals surface area (Å²) >= 11 is 0. The fourth-order valence-electron chi connectivity index (χ4n) is 2.83. The molecule has 0 N–H and O–H groups in total. The zero-order valence-corrected chi connectivity index (χ0v) is 14.4. The highest BCUT2D eigenvalue weighted by molar-refractivity contribution is 5.56. The van der Waals surface area contributed by atoms with Gasteiger partial charge in [0.05, 0.1) is 18.4 Å². The van der Waals surface area contributed by atoms with Crippen LogP contribution < -0.4 is 4.90 Å². The van der Waals surface area contributed by atoms with Crippen molar-refractivity contribution in [2.75, 3.05) is 18.0 Å². The molecule has 0 aromatic carbocycles. The summed E-state index contributed by atoms with van der Waals surface area (Å²) in [7, 11) is 0. The van der Waals surface area contributed by atoms with Gasteiger partial charge in [0.1, 0.15) is 24.7 Å². The molecule has 0 atom stereocenters. The molecule has 0 aliphatic heterocycles. The van der Waals surface area contributed by atoms with Crippen LogP contribution in [0.15, 0.2) is 41.7 Å². The van der Waals surface area contributed by atoms with Gasteiger partial charge >= 0.3 is 0 Å². The third-order valence-electron chi connectivity index (χ3n) is 4.47. The van der Waals surface area contributed by atoms with Gasteiger partial charge in [0.25, 0.3) is 0 Å². The maximum absolute atomic E-state index is 5.20. The minimum absolute atomic E-state index is 0.727. The topological polar surface area (TPSA) is 72.9 Å². The van der Waals surface area contributed by atoms with Gasteiger partial charge in [0.2, 0.25) is 0 Å². The Hall–Kier alpha value is -2.70. The number of aromatic nitrogens is 5. The lowest BCUT2D eigenvalue weighted by Gasteiger charge is -2.24. The number of aryl methyl sites for hydroxylation is 1. The Bertz CT molecular complexity index is 795. The Kier molecular flexibility index (Phi) is 4.45. The molecule has 1 saturated carbocycles. The Morgan fingerprint density at radius 3 is 2.92 bits per heavy atom. The van der Waals surface area contributed by atoms with Gasteiger partial charge in [-0.1, -0.05) is 6.92 Å². The van der Waals surface area contributed by atoms with Crippen molar-refractivity contribution >= 4 is 5.82 Å². The first kappa shape index (κ1) is 15.8. The van der Waals surface area contributed by atoms with Crippen LogP contribution in [0.3, 0.4) is 0 Å². The van der Waals surface area contributed by atoms with Crippen molar-refractivity contribution in [3.05, 3.63) is 43.0 Å². The number of furan rings is 1. The van der Waals surface area contributed by atoms with Crippen LogP contribution in [0.25, 0.3) is 11.4 Å². The van der Waals surface area contributed by atoms with Crippen molar-refractivity contribution in [1.29, 1.82) is 0 Å². The first-order chi connectivity index (χ1) is 12.3. The predicted octanol–water partition coefficient (Wildman–Crippen LogP) is 2.81. The van der Waals surface area contributed by atoms with Gasteiger partial charge in [-0.05, 0) is 31.2 Å². The lowest BCUT2D eigenvalue weighted by molar-refractivity contribution is 0.567. The largest absolute Gasteiger partial charge is 0.472 e. The summed E-state index contributed by atoms with van der Waals surface area (Å²) in [5, 5.41) is 4.20. The van der Waals surface area contributed by atoms with Crippen molar-refractivity contribution in [3.8, 4) is 11.4 Å². The van der Waals surface area contributed by atoms with Crippen LogP contribution in [-0.4, -0.2) is 37.8 Å². The molecule has 130 valence electrons. The smallest absolute Gasteiger partial charge is 0.165 e. The zero-order chi connectivity index (χ0) is 17.1. The number of hydrogen-bond donors (Lipinski definition) is 0. The molecule has 25 heavy (non-hydrogen) atoms. The molecule has 1 aliphatic rings. The molecule has 0 spiro atoms. The lowest BCUT2D eigenvalue weighted by Crippen LogP contribution is -2.30. The van der Waals surface area contributed by atoms with E-state index in [0.29, 0.717) is 0 Å². The number of nitrogens with zero attached hydrogens (tertiary/aromatic N) is 6. The summed E-state index contributed by atoms with van der Waals surface area (Å²) in [6, 6.07) is 4.01. The highest BCUT2D eigenvalue weighted by Gasteiger charge is 2.25. The van der Waals surface area contributed by atoms with Crippen LogP contribution in [0.5, 0.6) is 0 Å². The number of anilines is 1. The molecule has 0 amide bonds. The molecule has 7 nitrogen and oxygen atoms in total. The highest BCUT2D eigenvalue weighted by Crippen LogP contribution is 2.31. The quantitative estimate of drug-likeness (QED) is 0.629. The molecule has 3 aromatic heterocycles. The van der Waals surface area contributed by atoms with Crippen LogP contribution in [0.1, 0.15) is 25.5 Å². The Labute approximate surface area is 146 Å². The monoisotopic (exact) mass is 338 g/mol. The Morgan fingerprint density at radius 2 is 2.24 bits per heavy atom. The van der Waals surface area contributed by atoms with Crippen molar-refractivity contribution in [2.45, 2.75) is 32.7 Å². The normalized spacial score (nSPS) is 14.0. The SMILES string of the molecule is CCc1cc(N(CCn2cncn2)CC2CC2)nc(-c2ccoc2)n1. The number of hydrogen-bond acceptors (Lipinski definition) is 6. The average molecular weight is 338 g/mol. The molecule has 3 aromatic rings. The first-order valence-corrected chi connectivity index (χ1v) is 8.79. The van der Waals surface area contributed by atoms with E-state index in [1.54, 1.807) is 25.2 Å². The molecule has 1 aliphatic carbocycles. The van der Waals surface area contributed by atoms with Crippen molar-refractivity contribution in [3.63, 3.8) is 0 Å². The van der Waals surface area contributed by atoms with Gasteiger partial charge in [0, 0.05) is 24.8 Å². The predicted molar refractivity (Wildman–Crippen MR) is 94.1 cm³/mol. The van der Waals surface area contributed by atoms with E-state index < -0.39 is 0 Å². The molecular formula is C18H22N6O. The second-order valence-electron chi connectivity index (χ2n) is 6.45. The minimum Gasteiger partial charge on any atom is -0.472 e. The second kappa shape index (κ2) is 7.04. The van der Waals surface area contributed by atoms with E-state index in [1.165, 1.54) is 12.8 Å². The van der Waals surface area contributed by atoms with E-state index >= 15 is 0 Å². The van der Waals surface area contributed by atoms with E-state index in [-0.39, 0.29) is 0 Å². The average Bonchev–Trinajstić information content (AvgIpc) is 3.10. The van der Waals surface area contributed by atoms with E-state index in [4.69, 9.17) is 9.40 Å². The fraction of sp³-hybridized carbons (Fsp3) is 0.444. The summed E-state index contributed by atoms with van der Waals surface area (Å²) in [6.07, 6.45) is 10.2. The maximum Gasteiger partial charge on any atom is 0.165 e. The van der Waals surface area contributed by atoms with Gasteiger partial charge in [-0.15, -0.1) is 0 Å². The summed E-state index contributed by atoms with van der Waals surface area (Å²) in [5.41, 5.74) is 1.96. The molecule has 4 rings (SSSR count). The third-order valence-corrected chi connectivity index (χ3v) is 4.47. The Morgan fingerprint density at radius 1 is 1.32 bits per heavy atom. The molecule has 7 heteroatoms. The summed E-state index contributed by atoms with van der Waals surface area (Å²) in [6.45, 7) is 4.79. The second-order valence-corrected chi connectivity index (χ2v) is 6.45. The fourth-order valence-corrected chi connectivity index (χ4v) is 2.83.